The fraction of sp³-hybridized carbons (Fsp3) is 0.889. The predicted molar refractivity (Wildman–Crippen MR) is 79.8 cm³/mol. The summed E-state index contributed by atoms with van der Waals surface area (Å²) in [6.45, 7) is 4.14. The van der Waals surface area contributed by atoms with E-state index in [1.807, 2.05) is 4.90 Å². The van der Waals surface area contributed by atoms with Crippen LogP contribution in [0.1, 0.15) is 19.8 Å². The Morgan fingerprint density at radius 2 is 1.94 bits per heavy atom. The summed E-state index contributed by atoms with van der Waals surface area (Å²) in [5, 5.41) is 4.87. The Kier molecular flexibility index (Phi) is 7.33. The molecule has 0 radical (unpaired) electrons. The zero-order valence-corrected chi connectivity index (χ0v) is 13.1. The Hall–Kier alpha value is -0.0900. The number of halogens is 1. The molecule has 0 aromatic rings. The molecule has 0 unspecified atom stereocenters. The zero-order chi connectivity index (χ0) is 12.2. The Morgan fingerprint density at radius 3 is 2.41 bits per heavy atom. The molecule has 0 bridgehead atoms. The molecule has 1 aliphatic rings. The lowest BCUT2D eigenvalue weighted by atomic mass is 10.00. The van der Waals surface area contributed by atoms with Crippen LogP contribution in [0.15, 0.2) is 4.99 Å². The van der Waals surface area contributed by atoms with Crippen LogP contribution in [0.5, 0.6) is 0 Å². The monoisotopic (exact) mass is 376 g/mol. The average molecular weight is 376 g/mol. The largest absolute Gasteiger partial charge is 0.370 e. The molecule has 17 heavy (non-hydrogen) atoms. The number of nitrogens with two attached hydrogens (primary N) is 2. The molecule has 1 fully saturated rings. The van der Waals surface area contributed by atoms with Gasteiger partial charge in [-0.15, -0.1) is 24.0 Å². The highest BCUT2D eigenvalue weighted by atomic mass is 127. The van der Waals surface area contributed by atoms with E-state index in [1.54, 1.807) is 0 Å². The molecule has 0 saturated carbocycles. The smallest absolute Gasteiger partial charge is 0.210 e. The average Bonchev–Trinajstić information content (AvgIpc) is 2.16. The number of sulfonamides is 1. The molecule has 8 heteroatoms. The Balaban J connectivity index is 0.00000256. The van der Waals surface area contributed by atoms with E-state index in [0.29, 0.717) is 5.96 Å². The molecule has 1 rings (SSSR count). The van der Waals surface area contributed by atoms with Gasteiger partial charge in [0, 0.05) is 13.1 Å². The molecule has 1 saturated heterocycles. The maximum absolute atomic E-state index is 10.7. The van der Waals surface area contributed by atoms with Crippen LogP contribution in [-0.4, -0.2) is 44.7 Å². The molecule has 4 N–H and O–H groups in total. The Bertz CT molecular complexity index is 350. The van der Waals surface area contributed by atoms with Crippen molar-refractivity contribution in [3.05, 3.63) is 0 Å². The molecule has 0 aromatic carbocycles. The summed E-state index contributed by atoms with van der Waals surface area (Å²) < 4.78 is 21.4. The Labute approximate surface area is 120 Å². The lowest BCUT2D eigenvalue weighted by Crippen LogP contribution is -2.42. The third-order valence-electron chi connectivity index (χ3n) is 2.76. The lowest BCUT2D eigenvalue weighted by molar-refractivity contribution is 0.278. The molecular formula is C9H21IN4O2S. The van der Waals surface area contributed by atoms with E-state index in [1.165, 1.54) is 0 Å². The van der Waals surface area contributed by atoms with Crippen molar-refractivity contribution in [3.8, 4) is 0 Å². The van der Waals surface area contributed by atoms with E-state index in [0.717, 1.165) is 31.8 Å². The molecule has 0 spiro atoms. The molecule has 102 valence electrons. The summed E-state index contributed by atoms with van der Waals surface area (Å²) in [4.78, 5) is 6.01. The predicted octanol–water partition coefficient (Wildman–Crippen LogP) is -0.0605. The van der Waals surface area contributed by atoms with E-state index in [4.69, 9.17) is 10.9 Å². The van der Waals surface area contributed by atoms with Crippen molar-refractivity contribution in [2.45, 2.75) is 19.8 Å². The van der Waals surface area contributed by atoms with Gasteiger partial charge in [0.25, 0.3) is 0 Å². The highest BCUT2D eigenvalue weighted by molar-refractivity contribution is 14.0. The van der Waals surface area contributed by atoms with Gasteiger partial charge in [0.1, 0.15) is 0 Å². The fourth-order valence-electron chi connectivity index (χ4n) is 1.63. The SMILES string of the molecule is CC1CCN(C(N)=NCCS(N)(=O)=O)CC1.I. The Morgan fingerprint density at radius 1 is 1.41 bits per heavy atom. The van der Waals surface area contributed by atoms with E-state index in [9.17, 15) is 8.42 Å². The molecule has 0 amide bonds. The second-order valence-corrected chi connectivity index (χ2v) is 6.01. The molecule has 0 atom stereocenters. The summed E-state index contributed by atoms with van der Waals surface area (Å²) in [6, 6.07) is 0. The van der Waals surface area contributed by atoms with Crippen LogP contribution < -0.4 is 10.9 Å². The number of hydrogen-bond acceptors (Lipinski definition) is 3. The second-order valence-electron chi connectivity index (χ2n) is 4.28. The zero-order valence-electron chi connectivity index (χ0n) is 10.0. The van der Waals surface area contributed by atoms with Crippen molar-refractivity contribution in [2.24, 2.45) is 21.8 Å². The van der Waals surface area contributed by atoms with Crippen LogP contribution in [-0.2, 0) is 10.0 Å². The maximum atomic E-state index is 10.7. The van der Waals surface area contributed by atoms with Gasteiger partial charge in [0.15, 0.2) is 5.96 Å². The first-order valence-corrected chi connectivity index (χ1v) is 7.15. The van der Waals surface area contributed by atoms with Crippen LogP contribution in [0.3, 0.4) is 0 Å². The van der Waals surface area contributed by atoms with Gasteiger partial charge < -0.3 is 10.6 Å². The third-order valence-corrected chi connectivity index (χ3v) is 3.51. The van der Waals surface area contributed by atoms with Crippen molar-refractivity contribution < 1.29 is 8.42 Å². The molecule has 1 aliphatic heterocycles. The van der Waals surface area contributed by atoms with Crippen LogP contribution in [0.25, 0.3) is 0 Å². The van der Waals surface area contributed by atoms with Gasteiger partial charge in [-0.1, -0.05) is 6.92 Å². The highest BCUT2D eigenvalue weighted by Crippen LogP contribution is 2.15. The summed E-state index contributed by atoms with van der Waals surface area (Å²) in [5.74, 6) is 1.00. The molecular weight excluding hydrogens is 355 g/mol. The number of nitrogens with zero attached hydrogens (tertiary/aromatic N) is 2. The van der Waals surface area contributed by atoms with Crippen molar-refractivity contribution in [1.82, 2.24) is 4.90 Å². The number of hydrogen-bond donors (Lipinski definition) is 2. The molecule has 1 heterocycles. The normalized spacial score (nSPS) is 18.9. The third kappa shape index (κ3) is 7.04. The fourth-order valence-corrected chi connectivity index (χ4v) is 1.97. The molecule has 6 nitrogen and oxygen atoms in total. The van der Waals surface area contributed by atoms with Crippen molar-refractivity contribution in [2.75, 3.05) is 25.4 Å². The quantitative estimate of drug-likeness (QED) is 0.409. The standard InChI is InChI=1S/C9H20N4O2S.HI/c1-8-2-5-13(6-3-8)9(10)12-4-7-16(11,14)15;/h8H,2-7H2,1H3,(H2,10,12)(H2,11,14,15);1H. The van der Waals surface area contributed by atoms with E-state index < -0.39 is 10.0 Å². The minimum atomic E-state index is -3.44. The van der Waals surface area contributed by atoms with Gasteiger partial charge in [-0.25, -0.2) is 13.6 Å². The number of rotatable bonds is 3. The second kappa shape index (κ2) is 7.37. The summed E-state index contributed by atoms with van der Waals surface area (Å²) >= 11 is 0. The van der Waals surface area contributed by atoms with E-state index >= 15 is 0 Å². The first kappa shape index (κ1) is 16.9. The van der Waals surface area contributed by atoms with E-state index in [-0.39, 0.29) is 36.3 Å². The number of likely N-dealkylation sites (tertiary alicyclic amines) is 1. The van der Waals surface area contributed by atoms with Crippen molar-refractivity contribution in [3.63, 3.8) is 0 Å². The first-order chi connectivity index (χ1) is 7.38. The van der Waals surface area contributed by atoms with E-state index in [2.05, 4.69) is 11.9 Å². The van der Waals surface area contributed by atoms with Crippen LogP contribution >= 0.6 is 24.0 Å². The summed E-state index contributed by atoms with van der Waals surface area (Å²) in [7, 11) is -3.44. The summed E-state index contributed by atoms with van der Waals surface area (Å²) in [6.07, 6.45) is 2.21. The van der Waals surface area contributed by atoms with Crippen molar-refractivity contribution in [1.29, 1.82) is 0 Å². The first-order valence-electron chi connectivity index (χ1n) is 5.44. The number of aliphatic imine (C=N–C) groups is 1. The number of primary sulfonamides is 1. The number of guanidine groups is 1. The van der Waals surface area contributed by atoms with Crippen LogP contribution in [0, 0.1) is 5.92 Å². The maximum Gasteiger partial charge on any atom is 0.210 e. The highest BCUT2D eigenvalue weighted by Gasteiger charge is 2.16. The van der Waals surface area contributed by atoms with Gasteiger partial charge in [0.05, 0.1) is 12.3 Å². The van der Waals surface area contributed by atoms with Crippen LogP contribution in [0.4, 0.5) is 0 Å². The topological polar surface area (TPSA) is 102 Å². The van der Waals surface area contributed by atoms with Gasteiger partial charge in [-0.05, 0) is 18.8 Å². The van der Waals surface area contributed by atoms with Gasteiger partial charge in [-0.2, -0.15) is 0 Å². The lowest BCUT2D eigenvalue weighted by Gasteiger charge is -2.30. The van der Waals surface area contributed by atoms with Gasteiger partial charge >= 0.3 is 0 Å². The summed E-state index contributed by atoms with van der Waals surface area (Å²) in [5.41, 5.74) is 5.76. The minimum Gasteiger partial charge on any atom is -0.370 e. The minimum absolute atomic E-state index is 0. The van der Waals surface area contributed by atoms with Crippen LogP contribution in [0.2, 0.25) is 0 Å². The van der Waals surface area contributed by atoms with Gasteiger partial charge in [0.2, 0.25) is 10.0 Å². The van der Waals surface area contributed by atoms with Gasteiger partial charge in [-0.3, -0.25) is 4.99 Å². The molecule has 0 aliphatic carbocycles. The van der Waals surface area contributed by atoms with Crippen molar-refractivity contribution >= 4 is 40.0 Å². The number of piperidine rings is 1. The molecule has 0 aromatic heterocycles.